The molecule has 0 saturated heterocycles. The SMILES string of the molecule is Cc1cscc1NC(C)c1nccs1. The minimum Gasteiger partial charge on any atom is -0.375 e. The molecule has 4 heteroatoms. The molecule has 0 radical (unpaired) electrons. The molecule has 2 heterocycles. The van der Waals surface area contributed by atoms with Gasteiger partial charge in [0.05, 0.1) is 6.04 Å². The first-order valence-electron chi connectivity index (χ1n) is 4.46. The number of anilines is 1. The molecule has 0 bridgehead atoms. The zero-order valence-corrected chi connectivity index (χ0v) is 9.78. The Balaban J connectivity index is 2.09. The maximum Gasteiger partial charge on any atom is 0.115 e. The highest BCUT2D eigenvalue weighted by molar-refractivity contribution is 7.09. The molecule has 2 aromatic heterocycles. The van der Waals surface area contributed by atoms with Crippen LogP contribution in [0.1, 0.15) is 23.5 Å². The van der Waals surface area contributed by atoms with Crippen LogP contribution in [0.25, 0.3) is 0 Å². The van der Waals surface area contributed by atoms with Gasteiger partial charge < -0.3 is 5.32 Å². The van der Waals surface area contributed by atoms with Crippen molar-refractivity contribution in [2.45, 2.75) is 19.9 Å². The highest BCUT2D eigenvalue weighted by Crippen LogP contribution is 2.25. The van der Waals surface area contributed by atoms with Crippen LogP contribution in [0.4, 0.5) is 5.69 Å². The maximum absolute atomic E-state index is 4.29. The monoisotopic (exact) mass is 224 g/mol. The van der Waals surface area contributed by atoms with E-state index in [2.05, 4.69) is 34.9 Å². The molecular formula is C10H12N2S2. The Morgan fingerprint density at radius 2 is 2.29 bits per heavy atom. The van der Waals surface area contributed by atoms with E-state index in [1.807, 2.05) is 11.6 Å². The van der Waals surface area contributed by atoms with E-state index in [0.29, 0.717) is 6.04 Å². The normalized spacial score (nSPS) is 12.7. The fourth-order valence-electron chi connectivity index (χ4n) is 1.25. The molecule has 1 unspecified atom stereocenters. The number of aromatic nitrogens is 1. The summed E-state index contributed by atoms with van der Waals surface area (Å²) >= 11 is 3.41. The molecule has 0 aliphatic heterocycles. The van der Waals surface area contributed by atoms with Crippen molar-refractivity contribution >= 4 is 28.4 Å². The van der Waals surface area contributed by atoms with E-state index in [1.54, 1.807) is 22.7 Å². The molecule has 0 spiro atoms. The van der Waals surface area contributed by atoms with Crippen molar-refractivity contribution < 1.29 is 0 Å². The Morgan fingerprint density at radius 1 is 1.43 bits per heavy atom. The minimum absolute atomic E-state index is 0.295. The maximum atomic E-state index is 4.29. The molecule has 1 atom stereocenters. The van der Waals surface area contributed by atoms with Crippen LogP contribution >= 0.6 is 22.7 Å². The quantitative estimate of drug-likeness (QED) is 0.860. The molecule has 0 amide bonds. The van der Waals surface area contributed by atoms with Gasteiger partial charge in [-0.15, -0.1) is 22.7 Å². The van der Waals surface area contributed by atoms with Gasteiger partial charge in [-0.1, -0.05) is 0 Å². The van der Waals surface area contributed by atoms with Crippen LogP contribution in [-0.4, -0.2) is 4.98 Å². The molecule has 2 nitrogen and oxygen atoms in total. The van der Waals surface area contributed by atoms with Crippen LogP contribution in [0, 0.1) is 6.92 Å². The van der Waals surface area contributed by atoms with Crippen molar-refractivity contribution in [3.63, 3.8) is 0 Å². The zero-order chi connectivity index (χ0) is 9.97. The number of hydrogen-bond donors (Lipinski definition) is 1. The van der Waals surface area contributed by atoms with Crippen LogP contribution in [-0.2, 0) is 0 Å². The summed E-state index contributed by atoms with van der Waals surface area (Å²) < 4.78 is 0. The van der Waals surface area contributed by atoms with Gasteiger partial charge >= 0.3 is 0 Å². The fraction of sp³-hybridized carbons (Fsp3) is 0.300. The number of rotatable bonds is 3. The highest BCUT2D eigenvalue weighted by Gasteiger charge is 2.08. The summed E-state index contributed by atoms with van der Waals surface area (Å²) in [4.78, 5) is 4.29. The largest absolute Gasteiger partial charge is 0.375 e. The van der Waals surface area contributed by atoms with E-state index in [4.69, 9.17) is 0 Å². The summed E-state index contributed by atoms with van der Waals surface area (Å²) in [5, 5.41) is 10.9. The summed E-state index contributed by atoms with van der Waals surface area (Å²) in [6, 6.07) is 0.295. The topological polar surface area (TPSA) is 24.9 Å². The van der Waals surface area contributed by atoms with Crippen LogP contribution in [0.5, 0.6) is 0 Å². The van der Waals surface area contributed by atoms with Crippen LogP contribution < -0.4 is 5.32 Å². The van der Waals surface area contributed by atoms with Gasteiger partial charge in [0.2, 0.25) is 0 Å². The van der Waals surface area contributed by atoms with E-state index in [1.165, 1.54) is 11.3 Å². The van der Waals surface area contributed by atoms with Crippen molar-refractivity contribution in [3.05, 3.63) is 32.9 Å². The van der Waals surface area contributed by atoms with E-state index in [9.17, 15) is 0 Å². The van der Waals surface area contributed by atoms with Crippen molar-refractivity contribution in [2.24, 2.45) is 0 Å². The van der Waals surface area contributed by atoms with Crippen molar-refractivity contribution in [3.8, 4) is 0 Å². The summed E-state index contributed by atoms with van der Waals surface area (Å²) in [6.45, 7) is 4.25. The van der Waals surface area contributed by atoms with Crippen molar-refractivity contribution in [1.29, 1.82) is 0 Å². The Kier molecular flexibility index (Phi) is 2.84. The molecule has 2 rings (SSSR count). The third-order valence-electron chi connectivity index (χ3n) is 2.05. The number of nitrogens with zero attached hydrogens (tertiary/aromatic N) is 1. The standard InChI is InChI=1S/C10H12N2S2/c1-7-5-13-6-9(7)12-8(2)10-11-3-4-14-10/h3-6,8,12H,1-2H3. The van der Waals surface area contributed by atoms with Crippen LogP contribution in [0.2, 0.25) is 0 Å². The predicted molar refractivity (Wildman–Crippen MR) is 63.2 cm³/mol. The first-order chi connectivity index (χ1) is 6.77. The van der Waals surface area contributed by atoms with Gasteiger partial charge in [-0.2, -0.15) is 0 Å². The molecule has 14 heavy (non-hydrogen) atoms. The second kappa shape index (κ2) is 4.11. The first-order valence-corrected chi connectivity index (χ1v) is 6.28. The van der Waals surface area contributed by atoms with E-state index in [-0.39, 0.29) is 0 Å². The Hall–Kier alpha value is -0.870. The first kappa shape index (κ1) is 9.68. The van der Waals surface area contributed by atoms with E-state index < -0.39 is 0 Å². The molecule has 0 aliphatic carbocycles. The molecule has 0 fully saturated rings. The third kappa shape index (κ3) is 1.96. The summed E-state index contributed by atoms with van der Waals surface area (Å²) in [5.74, 6) is 0. The lowest BCUT2D eigenvalue weighted by Crippen LogP contribution is -2.05. The summed E-state index contributed by atoms with van der Waals surface area (Å²) in [5.41, 5.74) is 2.52. The van der Waals surface area contributed by atoms with Crippen molar-refractivity contribution in [2.75, 3.05) is 5.32 Å². The lowest BCUT2D eigenvalue weighted by atomic mass is 10.3. The number of aryl methyl sites for hydroxylation is 1. The zero-order valence-electron chi connectivity index (χ0n) is 8.15. The Morgan fingerprint density at radius 3 is 2.86 bits per heavy atom. The lowest BCUT2D eigenvalue weighted by Gasteiger charge is -2.11. The van der Waals surface area contributed by atoms with E-state index in [0.717, 1.165) is 5.01 Å². The number of thiophene rings is 1. The van der Waals surface area contributed by atoms with E-state index >= 15 is 0 Å². The number of thiazole rings is 1. The molecule has 0 saturated carbocycles. The second-order valence-corrected chi connectivity index (χ2v) is 4.87. The van der Waals surface area contributed by atoms with Crippen LogP contribution in [0.3, 0.4) is 0 Å². The van der Waals surface area contributed by atoms with Gasteiger partial charge in [0.15, 0.2) is 0 Å². The molecule has 74 valence electrons. The molecule has 0 aliphatic rings. The molecule has 0 aromatic carbocycles. The average molecular weight is 224 g/mol. The fourth-order valence-corrected chi connectivity index (χ4v) is 2.69. The minimum atomic E-state index is 0.295. The van der Waals surface area contributed by atoms with Gasteiger partial charge in [0, 0.05) is 22.6 Å². The smallest absolute Gasteiger partial charge is 0.115 e. The summed E-state index contributed by atoms with van der Waals surface area (Å²) in [7, 11) is 0. The Labute approximate surface area is 91.6 Å². The van der Waals surface area contributed by atoms with Gasteiger partial charge in [-0.05, 0) is 24.8 Å². The molecule has 2 aromatic rings. The predicted octanol–water partition coefficient (Wildman–Crippen LogP) is 3.69. The Bertz CT molecular complexity index is 392. The summed E-state index contributed by atoms with van der Waals surface area (Å²) in [6.07, 6.45) is 1.85. The van der Waals surface area contributed by atoms with Gasteiger partial charge in [-0.3, -0.25) is 0 Å². The van der Waals surface area contributed by atoms with Gasteiger partial charge in [-0.25, -0.2) is 4.98 Å². The second-order valence-electron chi connectivity index (χ2n) is 3.20. The van der Waals surface area contributed by atoms with Crippen LogP contribution in [0.15, 0.2) is 22.3 Å². The molecule has 1 N–H and O–H groups in total. The highest BCUT2D eigenvalue weighted by atomic mass is 32.1. The molecular weight excluding hydrogens is 212 g/mol. The number of nitrogens with one attached hydrogen (secondary N) is 1. The van der Waals surface area contributed by atoms with Gasteiger partial charge in [0.1, 0.15) is 5.01 Å². The third-order valence-corrected chi connectivity index (χ3v) is 3.87. The lowest BCUT2D eigenvalue weighted by molar-refractivity contribution is 0.869. The van der Waals surface area contributed by atoms with Crippen molar-refractivity contribution in [1.82, 2.24) is 4.98 Å². The number of hydrogen-bond acceptors (Lipinski definition) is 4. The average Bonchev–Trinajstić information content (AvgIpc) is 2.77. The van der Waals surface area contributed by atoms with Gasteiger partial charge in [0.25, 0.3) is 0 Å².